The van der Waals surface area contributed by atoms with Crippen molar-refractivity contribution in [3.63, 3.8) is 0 Å². The van der Waals surface area contributed by atoms with Crippen LogP contribution in [0.4, 0.5) is 0 Å². The second kappa shape index (κ2) is 8.24. The number of hydrogen-bond donors (Lipinski definition) is 1. The molecular weight excluding hydrogens is 440 g/mol. The van der Waals surface area contributed by atoms with Gasteiger partial charge in [-0.3, -0.25) is 19.3 Å². The molecule has 2 aromatic rings. The number of halogens is 1. The molecule has 0 aromatic heterocycles. The van der Waals surface area contributed by atoms with E-state index in [9.17, 15) is 14.4 Å². The molecule has 0 saturated carbocycles. The van der Waals surface area contributed by atoms with Gasteiger partial charge in [0.1, 0.15) is 13.2 Å². The molecule has 0 bridgehead atoms. The maximum Gasteiger partial charge on any atom is 0.261 e. The van der Waals surface area contributed by atoms with Crippen molar-refractivity contribution in [1.82, 2.24) is 10.2 Å². The number of carbonyl (C=O) groups excluding carboxylic acids is 3. The third kappa shape index (κ3) is 4.12. The first kappa shape index (κ1) is 19.4. The average molecular weight is 459 g/mol. The summed E-state index contributed by atoms with van der Waals surface area (Å²) in [6, 6.07) is 10.6. The Morgan fingerprint density at radius 2 is 1.76 bits per heavy atom. The molecule has 0 atom stereocenters. The number of fused-ring (bicyclic) bond motifs is 2. The first-order chi connectivity index (χ1) is 14.0. The van der Waals surface area contributed by atoms with Crippen LogP contribution >= 0.6 is 15.9 Å². The van der Waals surface area contributed by atoms with Crippen LogP contribution in [0.5, 0.6) is 11.5 Å². The number of imide groups is 1. The van der Waals surface area contributed by atoms with Crippen LogP contribution in [0, 0.1) is 0 Å². The molecule has 0 aliphatic carbocycles. The number of rotatable bonds is 6. The van der Waals surface area contributed by atoms with E-state index in [1.807, 2.05) is 18.2 Å². The van der Waals surface area contributed by atoms with Crippen LogP contribution in [0.15, 0.2) is 40.9 Å². The zero-order valence-corrected chi connectivity index (χ0v) is 17.2. The highest BCUT2D eigenvalue weighted by Crippen LogP contribution is 2.30. The van der Waals surface area contributed by atoms with Gasteiger partial charge in [-0.2, -0.15) is 0 Å². The molecule has 1 N–H and O–H groups in total. The van der Waals surface area contributed by atoms with E-state index in [2.05, 4.69) is 21.2 Å². The standard InChI is InChI=1S/C21H19BrN2O5/c22-14-4-5-15-16(11-14)21(27)24(20(15)26)7-1-2-19(25)23-12-13-3-6-17-18(10-13)29-9-8-28-17/h3-6,10-11H,1-2,7-9,12H2,(H,23,25). The van der Waals surface area contributed by atoms with Gasteiger partial charge >= 0.3 is 0 Å². The number of nitrogens with zero attached hydrogens (tertiary/aromatic N) is 1. The van der Waals surface area contributed by atoms with Crippen LogP contribution in [-0.2, 0) is 11.3 Å². The number of carbonyl (C=O) groups is 3. The van der Waals surface area contributed by atoms with E-state index < -0.39 is 0 Å². The number of amides is 3. The molecule has 0 saturated heterocycles. The Hall–Kier alpha value is -2.87. The predicted octanol–water partition coefficient (Wildman–Crippen LogP) is 2.91. The van der Waals surface area contributed by atoms with Crippen LogP contribution in [0.1, 0.15) is 39.1 Å². The zero-order valence-electron chi connectivity index (χ0n) is 15.6. The minimum atomic E-state index is -0.317. The largest absolute Gasteiger partial charge is 0.486 e. The third-order valence-corrected chi connectivity index (χ3v) is 5.31. The minimum Gasteiger partial charge on any atom is -0.486 e. The van der Waals surface area contributed by atoms with E-state index in [4.69, 9.17) is 9.47 Å². The summed E-state index contributed by atoms with van der Waals surface area (Å²) in [5, 5.41) is 2.85. The summed E-state index contributed by atoms with van der Waals surface area (Å²) < 4.78 is 11.8. The van der Waals surface area contributed by atoms with Gasteiger partial charge in [0.25, 0.3) is 11.8 Å². The number of hydrogen-bond acceptors (Lipinski definition) is 5. The molecule has 2 heterocycles. The fourth-order valence-corrected chi connectivity index (χ4v) is 3.71. The van der Waals surface area contributed by atoms with Gasteiger partial charge in [0.05, 0.1) is 11.1 Å². The SMILES string of the molecule is O=C(CCCN1C(=O)c2ccc(Br)cc2C1=O)NCc1ccc2c(c1)OCCO2. The molecule has 7 nitrogen and oxygen atoms in total. The van der Waals surface area contributed by atoms with Gasteiger partial charge in [-0.05, 0) is 42.3 Å². The van der Waals surface area contributed by atoms with Crippen molar-refractivity contribution >= 4 is 33.7 Å². The molecular formula is C21H19BrN2O5. The van der Waals surface area contributed by atoms with E-state index in [1.165, 1.54) is 4.90 Å². The Bertz CT molecular complexity index is 991. The lowest BCUT2D eigenvalue weighted by Gasteiger charge is -2.19. The fraction of sp³-hybridized carbons (Fsp3) is 0.286. The smallest absolute Gasteiger partial charge is 0.261 e. The molecule has 0 unspecified atom stereocenters. The second-order valence-corrected chi connectivity index (χ2v) is 7.73. The summed E-state index contributed by atoms with van der Waals surface area (Å²) in [4.78, 5) is 38.2. The topological polar surface area (TPSA) is 84.9 Å². The predicted molar refractivity (Wildman–Crippen MR) is 108 cm³/mol. The number of nitrogens with one attached hydrogen (secondary N) is 1. The average Bonchev–Trinajstić information content (AvgIpc) is 2.96. The molecule has 150 valence electrons. The maximum atomic E-state index is 12.4. The number of benzene rings is 2. The molecule has 0 spiro atoms. The van der Waals surface area contributed by atoms with E-state index in [0.717, 1.165) is 10.0 Å². The Kier molecular flexibility index (Phi) is 5.53. The lowest BCUT2D eigenvalue weighted by Crippen LogP contribution is -2.32. The fourth-order valence-electron chi connectivity index (χ4n) is 3.35. The third-order valence-electron chi connectivity index (χ3n) is 4.81. The zero-order chi connectivity index (χ0) is 20.4. The summed E-state index contributed by atoms with van der Waals surface area (Å²) in [5.41, 5.74) is 1.71. The molecule has 0 radical (unpaired) electrons. The quantitative estimate of drug-likeness (QED) is 0.672. The van der Waals surface area contributed by atoms with E-state index in [1.54, 1.807) is 18.2 Å². The minimum absolute atomic E-state index is 0.140. The van der Waals surface area contributed by atoms with Crippen molar-refractivity contribution in [2.24, 2.45) is 0 Å². The molecule has 3 amide bonds. The van der Waals surface area contributed by atoms with Crippen LogP contribution in [-0.4, -0.2) is 42.4 Å². The van der Waals surface area contributed by atoms with Crippen LogP contribution in [0.2, 0.25) is 0 Å². The molecule has 2 aliphatic heterocycles. The Morgan fingerprint density at radius 3 is 2.59 bits per heavy atom. The Labute approximate surface area is 176 Å². The molecule has 2 aromatic carbocycles. The van der Waals surface area contributed by atoms with Crippen molar-refractivity contribution in [2.75, 3.05) is 19.8 Å². The van der Waals surface area contributed by atoms with E-state index >= 15 is 0 Å². The molecule has 0 fully saturated rings. The molecule has 29 heavy (non-hydrogen) atoms. The molecule has 2 aliphatic rings. The highest BCUT2D eigenvalue weighted by molar-refractivity contribution is 9.10. The van der Waals surface area contributed by atoms with E-state index in [-0.39, 0.29) is 30.7 Å². The molecule has 4 rings (SSSR count). The second-order valence-electron chi connectivity index (χ2n) is 6.81. The highest BCUT2D eigenvalue weighted by Gasteiger charge is 2.35. The van der Waals surface area contributed by atoms with Gasteiger partial charge in [-0.1, -0.05) is 22.0 Å². The summed E-state index contributed by atoms with van der Waals surface area (Å²) >= 11 is 3.31. The van der Waals surface area contributed by atoms with Gasteiger partial charge in [0.2, 0.25) is 5.91 Å². The summed E-state index contributed by atoms with van der Waals surface area (Å²) in [5.74, 6) is 0.621. The Morgan fingerprint density at radius 1 is 1.00 bits per heavy atom. The van der Waals surface area contributed by atoms with Gasteiger partial charge in [-0.15, -0.1) is 0 Å². The lowest BCUT2D eigenvalue weighted by molar-refractivity contribution is -0.121. The van der Waals surface area contributed by atoms with Gasteiger partial charge in [0.15, 0.2) is 11.5 Å². The van der Waals surface area contributed by atoms with Gasteiger partial charge in [0, 0.05) is 24.0 Å². The van der Waals surface area contributed by atoms with E-state index in [0.29, 0.717) is 48.8 Å². The first-order valence-corrected chi connectivity index (χ1v) is 10.1. The van der Waals surface area contributed by atoms with Crippen molar-refractivity contribution in [1.29, 1.82) is 0 Å². The van der Waals surface area contributed by atoms with Crippen molar-refractivity contribution < 1.29 is 23.9 Å². The monoisotopic (exact) mass is 458 g/mol. The van der Waals surface area contributed by atoms with Crippen LogP contribution in [0.3, 0.4) is 0 Å². The number of ether oxygens (including phenoxy) is 2. The normalized spacial score (nSPS) is 14.7. The van der Waals surface area contributed by atoms with Crippen molar-refractivity contribution in [2.45, 2.75) is 19.4 Å². The summed E-state index contributed by atoms with van der Waals surface area (Å²) in [6.45, 7) is 1.63. The van der Waals surface area contributed by atoms with Crippen LogP contribution < -0.4 is 14.8 Å². The first-order valence-electron chi connectivity index (χ1n) is 9.34. The van der Waals surface area contributed by atoms with Crippen molar-refractivity contribution in [3.8, 4) is 11.5 Å². The lowest BCUT2D eigenvalue weighted by atomic mass is 10.1. The van der Waals surface area contributed by atoms with Crippen molar-refractivity contribution in [3.05, 3.63) is 57.6 Å². The Balaban J connectivity index is 1.25. The van der Waals surface area contributed by atoms with Gasteiger partial charge < -0.3 is 14.8 Å². The van der Waals surface area contributed by atoms with Gasteiger partial charge in [-0.25, -0.2) is 0 Å². The summed E-state index contributed by atoms with van der Waals surface area (Å²) in [7, 11) is 0. The molecule has 8 heteroatoms. The highest BCUT2D eigenvalue weighted by atomic mass is 79.9. The van der Waals surface area contributed by atoms with Crippen LogP contribution in [0.25, 0.3) is 0 Å². The maximum absolute atomic E-state index is 12.4. The summed E-state index contributed by atoms with van der Waals surface area (Å²) in [6.07, 6.45) is 0.626.